The molecule has 2 fully saturated rings. The first-order valence-electron chi connectivity index (χ1n) is 5.55. The van der Waals surface area contributed by atoms with Crippen LogP contribution >= 0.6 is 0 Å². The summed E-state index contributed by atoms with van der Waals surface area (Å²) in [7, 11) is 3.23. The van der Waals surface area contributed by atoms with Gasteiger partial charge in [0.2, 0.25) is 0 Å². The average Bonchev–Trinajstić information content (AvgIpc) is 2.54. The molecule has 5 nitrogen and oxygen atoms in total. The second-order valence-corrected chi connectivity index (χ2v) is 4.71. The number of fused-ring (bicyclic) bond motifs is 1. The molecular weight excluding hydrogens is 212 g/mol. The molecule has 0 aromatic rings. The summed E-state index contributed by atoms with van der Waals surface area (Å²) in [6, 6.07) is 0. The van der Waals surface area contributed by atoms with Gasteiger partial charge in [0.25, 0.3) is 0 Å². The minimum atomic E-state index is -0.591. The van der Waals surface area contributed by atoms with Gasteiger partial charge in [-0.15, -0.1) is 0 Å². The van der Waals surface area contributed by atoms with Crippen molar-refractivity contribution < 1.29 is 23.7 Å². The molecule has 0 amide bonds. The molecule has 2 aliphatic rings. The van der Waals surface area contributed by atoms with Gasteiger partial charge in [-0.25, -0.2) is 0 Å². The Kier molecular flexibility index (Phi) is 3.25. The van der Waals surface area contributed by atoms with Crippen LogP contribution < -0.4 is 0 Å². The molecule has 5 heteroatoms. The molecule has 0 aromatic heterocycles. The Labute approximate surface area is 95.9 Å². The summed E-state index contributed by atoms with van der Waals surface area (Å²) >= 11 is 0. The van der Waals surface area contributed by atoms with E-state index in [-0.39, 0.29) is 24.4 Å². The third kappa shape index (κ3) is 1.98. The molecule has 0 saturated carbocycles. The molecule has 0 N–H and O–H groups in total. The van der Waals surface area contributed by atoms with E-state index >= 15 is 0 Å². The van der Waals surface area contributed by atoms with Gasteiger partial charge < -0.3 is 23.7 Å². The van der Waals surface area contributed by atoms with Crippen molar-refractivity contribution in [1.82, 2.24) is 0 Å². The summed E-state index contributed by atoms with van der Waals surface area (Å²) in [5, 5.41) is 0. The lowest BCUT2D eigenvalue weighted by Crippen LogP contribution is -2.56. The second-order valence-electron chi connectivity index (χ2n) is 4.71. The van der Waals surface area contributed by atoms with E-state index in [1.165, 1.54) is 0 Å². The molecule has 2 rings (SSSR count). The number of ether oxygens (including phenoxy) is 5. The Balaban J connectivity index is 2.19. The van der Waals surface area contributed by atoms with Gasteiger partial charge in [0.1, 0.15) is 18.3 Å². The van der Waals surface area contributed by atoms with Gasteiger partial charge in [0, 0.05) is 14.2 Å². The van der Waals surface area contributed by atoms with Crippen molar-refractivity contribution in [2.24, 2.45) is 0 Å². The van der Waals surface area contributed by atoms with E-state index in [4.69, 9.17) is 23.7 Å². The SMILES string of the molecule is CO[C@@H]1O[C@H](C)[C@@H]2OC(C)(C)O[C@@H]2[C@H]1OC. The van der Waals surface area contributed by atoms with Gasteiger partial charge in [0.05, 0.1) is 6.10 Å². The molecule has 0 unspecified atom stereocenters. The molecule has 2 saturated heterocycles. The Bertz CT molecular complexity index is 255. The highest BCUT2D eigenvalue weighted by Gasteiger charge is 2.54. The van der Waals surface area contributed by atoms with E-state index in [9.17, 15) is 0 Å². The smallest absolute Gasteiger partial charge is 0.186 e. The second kappa shape index (κ2) is 4.23. The normalized spacial score (nSPS) is 46.7. The third-order valence-corrected chi connectivity index (χ3v) is 3.07. The van der Waals surface area contributed by atoms with Crippen LogP contribution in [0.5, 0.6) is 0 Å². The summed E-state index contributed by atoms with van der Waals surface area (Å²) in [6.07, 6.45) is -0.977. The van der Waals surface area contributed by atoms with E-state index < -0.39 is 12.1 Å². The molecule has 2 heterocycles. The first-order chi connectivity index (χ1) is 7.48. The Morgan fingerprint density at radius 3 is 2.19 bits per heavy atom. The van der Waals surface area contributed by atoms with Gasteiger partial charge >= 0.3 is 0 Å². The standard InChI is InChI=1S/C11H20O5/c1-6-7-8(16-11(2,3)15-7)9(12-4)10(13-5)14-6/h6-10H,1-5H3/t6-,7+,8+,9-,10-/m1/s1. The summed E-state index contributed by atoms with van der Waals surface area (Å²) < 4.78 is 28.0. The maximum absolute atomic E-state index is 5.85. The van der Waals surface area contributed by atoms with E-state index in [0.717, 1.165) is 0 Å². The zero-order valence-electron chi connectivity index (χ0n) is 10.4. The van der Waals surface area contributed by atoms with E-state index in [1.807, 2.05) is 20.8 Å². The quantitative estimate of drug-likeness (QED) is 0.708. The number of methoxy groups -OCH3 is 2. The molecule has 0 spiro atoms. The third-order valence-electron chi connectivity index (χ3n) is 3.07. The van der Waals surface area contributed by atoms with Crippen LogP contribution in [-0.4, -0.2) is 50.7 Å². The zero-order chi connectivity index (χ0) is 11.9. The lowest BCUT2D eigenvalue weighted by molar-refractivity contribution is -0.271. The summed E-state index contributed by atoms with van der Waals surface area (Å²) in [5.41, 5.74) is 0. The van der Waals surface area contributed by atoms with Crippen LogP contribution in [0.25, 0.3) is 0 Å². The maximum Gasteiger partial charge on any atom is 0.186 e. The van der Waals surface area contributed by atoms with Crippen molar-refractivity contribution in [2.75, 3.05) is 14.2 Å². The van der Waals surface area contributed by atoms with Crippen LogP contribution in [0, 0.1) is 0 Å². The van der Waals surface area contributed by atoms with Gasteiger partial charge in [-0.3, -0.25) is 0 Å². The lowest BCUT2D eigenvalue weighted by atomic mass is 10.00. The predicted octanol–water partition coefficient (Wildman–Crippen LogP) is 0.913. The van der Waals surface area contributed by atoms with Crippen LogP contribution in [0.4, 0.5) is 0 Å². The molecule has 5 atom stereocenters. The lowest BCUT2D eigenvalue weighted by Gasteiger charge is -2.39. The number of hydrogen-bond donors (Lipinski definition) is 0. The van der Waals surface area contributed by atoms with Crippen LogP contribution in [0.3, 0.4) is 0 Å². The number of rotatable bonds is 2. The van der Waals surface area contributed by atoms with Crippen molar-refractivity contribution in [1.29, 1.82) is 0 Å². The van der Waals surface area contributed by atoms with Gasteiger partial charge in [0.15, 0.2) is 12.1 Å². The van der Waals surface area contributed by atoms with Crippen molar-refractivity contribution in [3.63, 3.8) is 0 Å². The molecular formula is C11H20O5. The fourth-order valence-electron chi connectivity index (χ4n) is 2.39. The fraction of sp³-hybridized carbons (Fsp3) is 1.00. The van der Waals surface area contributed by atoms with Gasteiger partial charge in [-0.05, 0) is 20.8 Å². The fourth-order valence-corrected chi connectivity index (χ4v) is 2.39. The van der Waals surface area contributed by atoms with Crippen LogP contribution in [0.15, 0.2) is 0 Å². The summed E-state index contributed by atoms with van der Waals surface area (Å²) in [5.74, 6) is -0.591. The Morgan fingerprint density at radius 1 is 1.00 bits per heavy atom. The predicted molar refractivity (Wildman–Crippen MR) is 56.0 cm³/mol. The van der Waals surface area contributed by atoms with Crippen molar-refractivity contribution in [2.45, 2.75) is 57.3 Å². The minimum absolute atomic E-state index is 0.0666. The zero-order valence-corrected chi connectivity index (χ0v) is 10.4. The van der Waals surface area contributed by atoms with Crippen LogP contribution in [-0.2, 0) is 23.7 Å². The highest BCUT2D eigenvalue weighted by molar-refractivity contribution is 4.95. The highest BCUT2D eigenvalue weighted by atomic mass is 16.8. The highest BCUT2D eigenvalue weighted by Crippen LogP contribution is 2.38. The first kappa shape index (κ1) is 12.3. The average molecular weight is 232 g/mol. The van der Waals surface area contributed by atoms with Crippen LogP contribution in [0.1, 0.15) is 20.8 Å². The van der Waals surface area contributed by atoms with Crippen molar-refractivity contribution in [3.05, 3.63) is 0 Å². The summed E-state index contributed by atoms with van der Waals surface area (Å²) in [4.78, 5) is 0. The molecule has 0 bridgehead atoms. The van der Waals surface area contributed by atoms with Gasteiger partial charge in [-0.1, -0.05) is 0 Å². The van der Waals surface area contributed by atoms with Crippen molar-refractivity contribution in [3.8, 4) is 0 Å². The van der Waals surface area contributed by atoms with Gasteiger partial charge in [-0.2, -0.15) is 0 Å². The molecule has 2 aliphatic heterocycles. The molecule has 16 heavy (non-hydrogen) atoms. The minimum Gasteiger partial charge on any atom is -0.373 e. The topological polar surface area (TPSA) is 46.2 Å². The molecule has 0 radical (unpaired) electrons. The molecule has 0 aromatic carbocycles. The van der Waals surface area contributed by atoms with Crippen LogP contribution in [0.2, 0.25) is 0 Å². The largest absolute Gasteiger partial charge is 0.373 e. The Morgan fingerprint density at radius 2 is 1.62 bits per heavy atom. The monoisotopic (exact) mass is 232 g/mol. The molecule has 94 valence electrons. The first-order valence-corrected chi connectivity index (χ1v) is 5.55. The Hall–Kier alpha value is -0.200. The molecule has 0 aliphatic carbocycles. The van der Waals surface area contributed by atoms with Crippen molar-refractivity contribution >= 4 is 0 Å². The maximum atomic E-state index is 5.85. The van der Waals surface area contributed by atoms with E-state index in [2.05, 4.69) is 0 Å². The summed E-state index contributed by atoms with van der Waals surface area (Å²) in [6.45, 7) is 5.75. The number of hydrogen-bond acceptors (Lipinski definition) is 5. The van der Waals surface area contributed by atoms with E-state index in [0.29, 0.717) is 0 Å². The van der Waals surface area contributed by atoms with E-state index in [1.54, 1.807) is 14.2 Å².